The first-order valence-electron chi connectivity index (χ1n) is 7.26. The fourth-order valence-electron chi connectivity index (χ4n) is 1.91. The van der Waals surface area contributed by atoms with E-state index in [-0.39, 0.29) is 18.4 Å². The summed E-state index contributed by atoms with van der Waals surface area (Å²) in [5.74, 6) is -0.234. The summed E-state index contributed by atoms with van der Waals surface area (Å²) >= 11 is 3.33. The first-order valence-corrected chi connectivity index (χ1v) is 8.06. The Morgan fingerprint density at radius 1 is 1.12 bits per heavy atom. The van der Waals surface area contributed by atoms with Crippen LogP contribution in [0, 0.1) is 0 Å². The maximum Gasteiger partial charge on any atom is 0.262 e. The topological polar surface area (TPSA) is 67.4 Å². The minimum Gasteiger partial charge on any atom is -0.483 e. The van der Waals surface area contributed by atoms with E-state index < -0.39 is 0 Å². The molecule has 0 aliphatic rings. The van der Waals surface area contributed by atoms with Gasteiger partial charge < -0.3 is 15.4 Å². The molecular formula is C18H17BrN2O3. The average molecular weight is 389 g/mol. The second-order valence-electron chi connectivity index (χ2n) is 4.84. The Labute approximate surface area is 148 Å². The SMILES string of the molecule is C=CCNC(=O)c1ccccc1OCC(=O)Nc1ccc(Br)cc1. The van der Waals surface area contributed by atoms with Gasteiger partial charge in [-0.15, -0.1) is 6.58 Å². The van der Waals surface area contributed by atoms with E-state index in [1.807, 2.05) is 12.1 Å². The lowest BCUT2D eigenvalue weighted by atomic mass is 10.2. The number of hydrogen-bond acceptors (Lipinski definition) is 3. The van der Waals surface area contributed by atoms with Gasteiger partial charge in [0.15, 0.2) is 6.61 Å². The molecule has 0 saturated carbocycles. The lowest BCUT2D eigenvalue weighted by Crippen LogP contribution is -2.25. The van der Waals surface area contributed by atoms with Crippen molar-refractivity contribution in [3.63, 3.8) is 0 Å². The Kier molecular flexibility index (Phi) is 6.57. The predicted octanol–water partition coefficient (Wildman–Crippen LogP) is 3.38. The zero-order chi connectivity index (χ0) is 17.4. The maximum absolute atomic E-state index is 12.0. The first-order chi connectivity index (χ1) is 11.6. The summed E-state index contributed by atoms with van der Waals surface area (Å²) in [5, 5.41) is 5.40. The lowest BCUT2D eigenvalue weighted by molar-refractivity contribution is -0.118. The van der Waals surface area contributed by atoms with Crippen LogP contribution in [-0.4, -0.2) is 25.0 Å². The van der Waals surface area contributed by atoms with E-state index in [4.69, 9.17) is 4.74 Å². The summed E-state index contributed by atoms with van der Waals surface area (Å²) in [6.07, 6.45) is 1.59. The van der Waals surface area contributed by atoms with Gasteiger partial charge in [0.05, 0.1) is 5.56 Å². The van der Waals surface area contributed by atoms with Crippen molar-refractivity contribution < 1.29 is 14.3 Å². The van der Waals surface area contributed by atoms with Gasteiger partial charge in [-0.3, -0.25) is 9.59 Å². The molecule has 5 nitrogen and oxygen atoms in total. The number of carbonyl (C=O) groups excluding carboxylic acids is 2. The molecule has 124 valence electrons. The third kappa shape index (κ3) is 5.24. The Hall–Kier alpha value is -2.60. The Bertz CT molecular complexity index is 729. The van der Waals surface area contributed by atoms with E-state index in [0.717, 1.165) is 4.47 Å². The first kappa shape index (κ1) is 17.7. The summed E-state index contributed by atoms with van der Waals surface area (Å²) < 4.78 is 6.42. The molecular weight excluding hydrogens is 372 g/mol. The Balaban J connectivity index is 1.96. The molecule has 2 amide bonds. The van der Waals surface area contributed by atoms with Crippen molar-refractivity contribution in [1.29, 1.82) is 0 Å². The lowest BCUT2D eigenvalue weighted by Gasteiger charge is -2.11. The second kappa shape index (κ2) is 8.88. The molecule has 0 atom stereocenters. The molecule has 2 aromatic rings. The van der Waals surface area contributed by atoms with Crippen molar-refractivity contribution >= 4 is 33.4 Å². The van der Waals surface area contributed by atoms with E-state index in [0.29, 0.717) is 23.5 Å². The number of nitrogens with one attached hydrogen (secondary N) is 2. The van der Waals surface area contributed by atoms with Crippen LogP contribution < -0.4 is 15.4 Å². The van der Waals surface area contributed by atoms with Gasteiger partial charge in [-0.05, 0) is 36.4 Å². The number of rotatable bonds is 7. The van der Waals surface area contributed by atoms with Crippen molar-refractivity contribution in [3.8, 4) is 5.75 Å². The number of ether oxygens (including phenoxy) is 1. The fourth-order valence-corrected chi connectivity index (χ4v) is 2.18. The molecule has 6 heteroatoms. The number of carbonyl (C=O) groups is 2. The van der Waals surface area contributed by atoms with Crippen molar-refractivity contribution in [3.05, 3.63) is 71.2 Å². The van der Waals surface area contributed by atoms with Crippen LogP contribution in [0.5, 0.6) is 5.75 Å². The molecule has 0 saturated heterocycles. The maximum atomic E-state index is 12.0. The van der Waals surface area contributed by atoms with Crippen LogP contribution in [0.1, 0.15) is 10.4 Å². The zero-order valence-electron chi connectivity index (χ0n) is 12.9. The van der Waals surface area contributed by atoms with Crippen LogP contribution in [0.2, 0.25) is 0 Å². The van der Waals surface area contributed by atoms with E-state index >= 15 is 0 Å². The molecule has 0 unspecified atom stereocenters. The zero-order valence-corrected chi connectivity index (χ0v) is 14.5. The quantitative estimate of drug-likeness (QED) is 0.714. The van der Waals surface area contributed by atoms with Crippen LogP contribution >= 0.6 is 15.9 Å². The molecule has 0 bridgehead atoms. The van der Waals surface area contributed by atoms with Crippen LogP contribution in [-0.2, 0) is 4.79 Å². The monoisotopic (exact) mass is 388 g/mol. The average Bonchev–Trinajstić information content (AvgIpc) is 2.60. The van der Waals surface area contributed by atoms with Crippen molar-refractivity contribution in [2.75, 3.05) is 18.5 Å². The molecule has 0 aromatic heterocycles. The van der Waals surface area contributed by atoms with Gasteiger partial charge in [0, 0.05) is 16.7 Å². The van der Waals surface area contributed by atoms with Crippen molar-refractivity contribution in [2.45, 2.75) is 0 Å². The van der Waals surface area contributed by atoms with E-state index in [1.165, 1.54) is 0 Å². The van der Waals surface area contributed by atoms with Gasteiger partial charge in [-0.25, -0.2) is 0 Å². The van der Waals surface area contributed by atoms with Gasteiger partial charge in [0.1, 0.15) is 5.75 Å². The van der Waals surface area contributed by atoms with Crippen LogP contribution in [0.3, 0.4) is 0 Å². The number of benzene rings is 2. The third-order valence-electron chi connectivity index (χ3n) is 3.03. The predicted molar refractivity (Wildman–Crippen MR) is 97.2 cm³/mol. The standard InChI is InChI=1S/C18H17BrN2O3/c1-2-11-20-18(23)15-5-3-4-6-16(15)24-12-17(22)21-14-9-7-13(19)8-10-14/h2-10H,1,11-12H2,(H,20,23)(H,21,22). The highest BCUT2D eigenvalue weighted by molar-refractivity contribution is 9.10. The Morgan fingerprint density at radius 2 is 1.83 bits per heavy atom. The summed E-state index contributed by atoms with van der Waals surface area (Å²) in [5.41, 5.74) is 1.04. The molecule has 24 heavy (non-hydrogen) atoms. The van der Waals surface area contributed by atoms with Gasteiger partial charge in [0.2, 0.25) is 0 Å². The molecule has 0 aliphatic carbocycles. The highest BCUT2D eigenvalue weighted by Gasteiger charge is 2.12. The number of amides is 2. The van der Waals surface area contributed by atoms with Gasteiger partial charge >= 0.3 is 0 Å². The molecule has 2 rings (SSSR count). The van der Waals surface area contributed by atoms with E-state index in [9.17, 15) is 9.59 Å². The summed E-state index contributed by atoms with van der Waals surface area (Å²) in [6, 6.07) is 14.0. The molecule has 0 spiro atoms. The number of halogens is 1. The highest BCUT2D eigenvalue weighted by atomic mass is 79.9. The van der Waals surface area contributed by atoms with Gasteiger partial charge in [0.25, 0.3) is 11.8 Å². The van der Waals surface area contributed by atoms with E-state index in [1.54, 1.807) is 42.5 Å². The third-order valence-corrected chi connectivity index (χ3v) is 3.55. The van der Waals surface area contributed by atoms with Crippen LogP contribution in [0.25, 0.3) is 0 Å². The minimum absolute atomic E-state index is 0.193. The largest absolute Gasteiger partial charge is 0.483 e. The molecule has 0 radical (unpaired) electrons. The van der Waals surface area contributed by atoms with Gasteiger partial charge in [-0.1, -0.05) is 34.1 Å². The molecule has 2 N–H and O–H groups in total. The molecule has 2 aromatic carbocycles. The highest BCUT2D eigenvalue weighted by Crippen LogP contribution is 2.18. The number of para-hydroxylation sites is 1. The summed E-state index contributed by atoms with van der Waals surface area (Å²) in [4.78, 5) is 24.0. The molecule has 0 heterocycles. The summed E-state index contributed by atoms with van der Waals surface area (Å²) in [7, 11) is 0. The molecule has 0 fully saturated rings. The molecule has 0 aliphatic heterocycles. The minimum atomic E-state index is -0.307. The number of hydrogen-bond donors (Lipinski definition) is 2. The Morgan fingerprint density at radius 3 is 2.54 bits per heavy atom. The summed E-state index contributed by atoms with van der Waals surface area (Å²) in [6.45, 7) is 3.72. The number of anilines is 1. The van der Waals surface area contributed by atoms with E-state index in [2.05, 4.69) is 33.1 Å². The van der Waals surface area contributed by atoms with Crippen molar-refractivity contribution in [1.82, 2.24) is 5.32 Å². The van der Waals surface area contributed by atoms with Crippen LogP contribution in [0.15, 0.2) is 65.7 Å². The van der Waals surface area contributed by atoms with Gasteiger partial charge in [-0.2, -0.15) is 0 Å². The van der Waals surface area contributed by atoms with Crippen LogP contribution in [0.4, 0.5) is 5.69 Å². The second-order valence-corrected chi connectivity index (χ2v) is 5.75. The smallest absolute Gasteiger partial charge is 0.262 e. The van der Waals surface area contributed by atoms with Crippen molar-refractivity contribution in [2.24, 2.45) is 0 Å². The normalized spacial score (nSPS) is 9.88. The fraction of sp³-hybridized carbons (Fsp3) is 0.111.